The Morgan fingerprint density at radius 1 is 0.829 bits per heavy atom. The summed E-state index contributed by atoms with van der Waals surface area (Å²) in [6.45, 7) is 7.21. The molecule has 7 heteroatoms. The predicted octanol–water partition coefficient (Wildman–Crippen LogP) is 5.53. The number of hydrogen-bond donors (Lipinski definition) is 0. The molecule has 35 heavy (non-hydrogen) atoms. The van der Waals surface area contributed by atoms with E-state index in [4.69, 9.17) is 18.9 Å². The molecule has 0 saturated carbocycles. The Morgan fingerprint density at radius 3 is 1.89 bits per heavy atom. The summed E-state index contributed by atoms with van der Waals surface area (Å²) in [5.74, 6) is 0.541. The largest absolute Gasteiger partial charge is 0.496 e. The van der Waals surface area contributed by atoms with Gasteiger partial charge in [0, 0.05) is 22.8 Å². The third-order valence-electron chi connectivity index (χ3n) is 4.89. The molecule has 3 aromatic carbocycles. The molecular formula is C28H24O7. The minimum Gasteiger partial charge on any atom is -0.496 e. The number of carbonyl (C=O) groups excluding carboxylic acids is 3. The van der Waals surface area contributed by atoms with Crippen molar-refractivity contribution in [2.45, 2.75) is 13.8 Å². The molecule has 7 nitrogen and oxygen atoms in total. The van der Waals surface area contributed by atoms with Crippen LogP contribution >= 0.6 is 0 Å². The normalized spacial score (nSPS) is 10.5. The predicted molar refractivity (Wildman–Crippen MR) is 131 cm³/mol. The van der Waals surface area contributed by atoms with E-state index < -0.39 is 11.9 Å². The monoisotopic (exact) mass is 472 g/mol. The second kappa shape index (κ2) is 11.5. The average Bonchev–Trinajstić information content (AvgIpc) is 2.85. The first-order chi connectivity index (χ1) is 16.9. The molecule has 178 valence electrons. The molecule has 0 aromatic heterocycles. The highest BCUT2D eigenvalue weighted by Crippen LogP contribution is 2.41. The van der Waals surface area contributed by atoms with Gasteiger partial charge < -0.3 is 18.9 Å². The Kier molecular flexibility index (Phi) is 8.19. The first-order valence-corrected chi connectivity index (χ1v) is 10.6. The summed E-state index contributed by atoms with van der Waals surface area (Å²) in [5.41, 5.74) is 3.03. The fraction of sp³-hybridized carbons (Fsp3) is 0.107. The van der Waals surface area contributed by atoms with Gasteiger partial charge in [0.1, 0.15) is 23.0 Å². The van der Waals surface area contributed by atoms with Crippen LogP contribution in [0.2, 0.25) is 0 Å². The van der Waals surface area contributed by atoms with E-state index in [-0.39, 0.29) is 0 Å². The molecule has 0 unspecified atom stereocenters. The summed E-state index contributed by atoms with van der Waals surface area (Å²) in [7, 11) is 1.54. The number of ether oxygens (including phenoxy) is 4. The zero-order chi connectivity index (χ0) is 25.4. The van der Waals surface area contributed by atoms with Crippen LogP contribution in [0.5, 0.6) is 23.0 Å². The quantitative estimate of drug-likeness (QED) is 0.175. The standard InChI is InChI=1S/C28H24O7/c1-5-6-27(30)35-26-16-23(19-7-11-21(12-8-19)33-17-29)25(32-4)15-24(26)20-9-13-22(14-10-20)34-28(31)18(2)3/h5-17H,2H2,1,3-4H3/b6-5+. The summed E-state index contributed by atoms with van der Waals surface area (Å²) >= 11 is 0. The fourth-order valence-electron chi connectivity index (χ4n) is 3.21. The molecule has 0 aliphatic carbocycles. The minimum absolute atomic E-state index is 0.290. The second-order valence-corrected chi connectivity index (χ2v) is 7.40. The molecule has 0 bridgehead atoms. The molecule has 0 aliphatic heterocycles. The molecule has 0 fully saturated rings. The number of methoxy groups -OCH3 is 1. The van der Waals surface area contributed by atoms with Gasteiger partial charge >= 0.3 is 11.9 Å². The lowest BCUT2D eigenvalue weighted by Crippen LogP contribution is -2.08. The topological polar surface area (TPSA) is 88.1 Å². The van der Waals surface area contributed by atoms with E-state index in [9.17, 15) is 14.4 Å². The molecule has 0 aliphatic rings. The smallest absolute Gasteiger partial charge is 0.338 e. The van der Waals surface area contributed by atoms with Crippen LogP contribution in [0, 0.1) is 0 Å². The summed E-state index contributed by atoms with van der Waals surface area (Å²) in [4.78, 5) is 34.7. The van der Waals surface area contributed by atoms with Crippen LogP contribution in [0.1, 0.15) is 13.8 Å². The van der Waals surface area contributed by atoms with Gasteiger partial charge in [-0.3, -0.25) is 4.79 Å². The van der Waals surface area contributed by atoms with Crippen LogP contribution in [0.4, 0.5) is 0 Å². The zero-order valence-electron chi connectivity index (χ0n) is 19.6. The minimum atomic E-state index is -0.536. The van der Waals surface area contributed by atoms with E-state index in [0.717, 1.165) is 5.56 Å². The maximum atomic E-state index is 12.3. The van der Waals surface area contributed by atoms with Crippen molar-refractivity contribution in [1.29, 1.82) is 0 Å². The maximum absolute atomic E-state index is 12.3. The third-order valence-corrected chi connectivity index (χ3v) is 4.89. The highest BCUT2D eigenvalue weighted by molar-refractivity contribution is 5.90. The van der Waals surface area contributed by atoms with Gasteiger partial charge in [0.2, 0.25) is 0 Å². The Labute approximate surface area is 203 Å². The van der Waals surface area contributed by atoms with E-state index in [0.29, 0.717) is 51.7 Å². The first kappa shape index (κ1) is 25.0. The van der Waals surface area contributed by atoms with Gasteiger partial charge in [-0.15, -0.1) is 0 Å². The summed E-state index contributed by atoms with van der Waals surface area (Å²) in [6, 6.07) is 17.1. The third kappa shape index (κ3) is 6.23. The number of allylic oxidation sites excluding steroid dienone is 1. The first-order valence-electron chi connectivity index (χ1n) is 10.6. The van der Waals surface area contributed by atoms with Gasteiger partial charge in [-0.25, -0.2) is 9.59 Å². The van der Waals surface area contributed by atoms with Crippen LogP contribution in [0.25, 0.3) is 22.3 Å². The van der Waals surface area contributed by atoms with E-state index in [1.807, 2.05) is 0 Å². The molecule has 3 rings (SSSR count). The maximum Gasteiger partial charge on any atom is 0.338 e. The van der Waals surface area contributed by atoms with Crippen LogP contribution in [-0.4, -0.2) is 25.5 Å². The molecule has 0 atom stereocenters. The lowest BCUT2D eigenvalue weighted by Gasteiger charge is -2.16. The van der Waals surface area contributed by atoms with E-state index >= 15 is 0 Å². The molecule has 3 aromatic rings. The van der Waals surface area contributed by atoms with Crippen molar-refractivity contribution in [3.05, 3.63) is 85.0 Å². The van der Waals surface area contributed by atoms with Crippen molar-refractivity contribution in [3.8, 4) is 45.3 Å². The summed E-state index contributed by atoms with van der Waals surface area (Å²) in [6.07, 6.45) is 2.91. The molecule has 0 N–H and O–H groups in total. The number of esters is 2. The van der Waals surface area contributed by atoms with E-state index in [2.05, 4.69) is 6.58 Å². The lowest BCUT2D eigenvalue weighted by atomic mass is 9.97. The van der Waals surface area contributed by atoms with Crippen LogP contribution in [-0.2, 0) is 14.4 Å². The number of hydrogen-bond acceptors (Lipinski definition) is 7. The zero-order valence-corrected chi connectivity index (χ0v) is 19.6. The lowest BCUT2D eigenvalue weighted by molar-refractivity contribution is -0.130. The number of benzene rings is 3. The van der Waals surface area contributed by atoms with Crippen LogP contribution < -0.4 is 18.9 Å². The number of carbonyl (C=O) groups is 3. The van der Waals surface area contributed by atoms with Crippen molar-refractivity contribution in [3.63, 3.8) is 0 Å². The molecule has 0 saturated heterocycles. The highest BCUT2D eigenvalue weighted by atomic mass is 16.5. The van der Waals surface area contributed by atoms with Crippen molar-refractivity contribution in [2.24, 2.45) is 0 Å². The van der Waals surface area contributed by atoms with Gasteiger partial charge in [-0.05, 0) is 61.4 Å². The van der Waals surface area contributed by atoms with Crippen molar-refractivity contribution < 1.29 is 33.3 Å². The van der Waals surface area contributed by atoms with Crippen molar-refractivity contribution in [2.75, 3.05) is 7.11 Å². The SMILES string of the molecule is C=C(C)C(=O)Oc1ccc(-c2cc(OC)c(-c3ccc(OC=O)cc3)cc2OC(=O)/C=C/C)cc1. The Bertz CT molecular complexity index is 1270. The molecule has 0 amide bonds. The average molecular weight is 472 g/mol. The Morgan fingerprint density at radius 2 is 1.37 bits per heavy atom. The molecular weight excluding hydrogens is 448 g/mol. The fourth-order valence-corrected chi connectivity index (χ4v) is 3.21. The molecule has 0 radical (unpaired) electrons. The van der Waals surface area contributed by atoms with Crippen LogP contribution in [0.15, 0.2) is 85.0 Å². The van der Waals surface area contributed by atoms with Crippen molar-refractivity contribution in [1.82, 2.24) is 0 Å². The van der Waals surface area contributed by atoms with Gasteiger partial charge in [0.05, 0.1) is 7.11 Å². The Balaban J connectivity index is 2.07. The van der Waals surface area contributed by atoms with E-state index in [1.165, 1.54) is 13.2 Å². The molecule has 0 heterocycles. The molecule has 0 spiro atoms. The van der Waals surface area contributed by atoms with Crippen LogP contribution in [0.3, 0.4) is 0 Å². The van der Waals surface area contributed by atoms with E-state index in [1.54, 1.807) is 80.6 Å². The van der Waals surface area contributed by atoms with Gasteiger partial charge in [-0.2, -0.15) is 0 Å². The van der Waals surface area contributed by atoms with Gasteiger partial charge in [0.15, 0.2) is 0 Å². The van der Waals surface area contributed by atoms with Crippen molar-refractivity contribution >= 4 is 18.4 Å². The highest BCUT2D eigenvalue weighted by Gasteiger charge is 2.17. The van der Waals surface area contributed by atoms with Gasteiger partial charge in [-0.1, -0.05) is 36.9 Å². The Hall–Kier alpha value is -4.65. The summed E-state index contributed by atoms with van der Waals surface area (Å²) < 4.78 is 21.4. The number of rotatable bonds is 9. The summed E-state index contributed by atoms with van der Waals surface area (Å²) in [5, 5.41) is 0. The second-order valence-electron chi connectivity index (χ2n) is 7.40. The van der Waals surface area contributed by atoms with Gasteiger partial charge in [0.25, 0.3) is 6.47 Å².